The number of likely N-dealkylation sites (tertiary alicyclic amines) is 1. The number of aromatic amines is 1. The number of hydrogen-bond acceptors (Lipinski definition) is 2. The van der Waals surface area contributed by atoms with Gasteiger partial charge in [-0.3, -0.25) is 4.79 Å². The SMILES string of the molecule is CN1CCCC(CC(=O)N[C@H]2C[C@H](c3c(-c4ccc(F)cc4)[nH]c4c(F)cc(F)cc43)C2)C1. The van der Waals surface area contributed by atoms with Gasteiger partial charge in [0.05, 0.1) is 11.2 Å². The third kappa shape index (κ3) is 4.51. The van der Waals surface area contributed by atoms with Crippen LogP contribution in [0.5, 0.6) is 0 Å². The largest absolute Gasteiger partial charge is 0.353 e. The Morgan fingerprint density at radius 3 is 2.61 bits per heavy atom. The summed E-state index contributed by atoms with van der Waals surface area (Å²) in [5.41, 5.74) is 2.47. The zero-order valence-corrected chi connectivity index (χ0v) is 18.6. The first kappa shape index (κ1) is 22.0. The molecular formula is C26H28F3N3O. The first-order chi connectivity index (χ1) is 15.9. The Morgan fingerprint density at radius 2 is 1.88 bits per heavy atom. The molecule has 1 aliphatic carbocycles. The van der Waals surface area contributed by atoms with Gasteiger partial charge in [0.15, 0.2) is 0 Å². The highest BCUT2D eigenvalue weighted by Crippen LogP contribution is 2.45. The number of carbonyl (C=O) groups is 1. The van der Waals surface area contributed by atoms with Crippen LogP contribution in [-0.4, -0.2) is 42.0 Å². The van der Waals surface area contributed by atoms with Crippen LogP contribution in [0, 0.1) is 23.4 Å². The summed E-state index contributed by atoms with van der Waals surface area (Å²) in [7, 11) is 2.09. The molecule has 0 bridgehead atoms. The molecule has 1 aromatic heterocycles. The zero-order valence-electron chi connectivity index (χ0n) is 18.6. The van der Waals surface area contributed by atoms with E-state index < -0.39 is 11.6 Å². The third-order valence-electron chi connectivity index (χ3n) is 7.10. The predicted molar refractivity (Wildman–Crippen MR) is 122 cm³/mol. The van der Waals surface area contributed by atoms with Crippen molar-refractivity contribution < 1.29 is 18.0 Å². The summed E-state index contributed by atoms with van der Waals surface area (Å²) >= 11 is 0. The molecule has 3 aromatic rings. The van der Waals surface area contributed by atoms with Crippen LogP contribution in [0.25, 0.3) is 22.2 Å². The Balaban J connectivity index is 1.34. The minimum absolute atomic E-state index is 0.0473. The van der Waals surface area contributed by atoms with Gasteiger partial charge in [-0.15, -0.1) is 0 Å². The number of piperidine rings is 1. The molecule has 2 heterocycles. The lowest BCUT2D eigenvalue weighted by molar-refractivity contribution is -0.123. The number of H-pyrrole nitrogens is 1. The Hall–Kier alpha value is -2.80. The summed E-state index contributed by atoms with van der Waals surface area (Å²) in [4.78, 5) is 17.9. The van der Waals surface area contributed by atoms with Crippen molar-refractivity contribution >= 4 is 16.8 Å². The number of rotatable bonds is 5. The fourth-order valence-electron chi connectivity index (χ4n) is 5.47. The molecule has 2 fully saturated rings. The van der Waals surface area contributed by atoms with E-state index in [4.69, 9.17) is 0 Å². The molecule has 5 rings (SSSR count). The quantitative estimate of drug-likeness (QED) is 0.545. The van der Waals surface area contributed by atoms with Crippen molar-refractivity contribution in [1.82, 2.24) is 15.2 Å². The molecule has 1 unspecified atom stereocenters. The minimum Gasteiger partial charge on any atom is -0.353 e. The molecule has 0 radical (unpaired) electrons. The molecule has 1 saturated carbocycles. The van der Waals surface area contributed by atoms with Crippen molar-refractivity contribution in [3.8, 4) is 11.3 Å². The monoisotopic (exact) mass is 455 g/mol. The minimum atomic E-state index is -0.652. The molecule has 33 heavy (non-hydrogen) atoms. The molecule has 1 aliphatic heterocycles. The average molecular weight is 456 g/mol. The fraction of sp³-hybridized carbons (Fsp3) is 0.423. The molecule has 4 nitrogen and oxygen atoms in total. The van der Waals surface area contributed by atoms with E-state index in [2.05, 4.69) is 22.2 Å². The van der Waals surface area contributed by atoms with Crippen LogP contribution in [0.3, 0.4) is 0 Å². The van der Waals surface area contributed by atoms with Gasteiger partial charge in [-0.05, 0) is 92.6 Å². The highest BCUT2D eigenvalue weighted by atomic mass is 19.1. The van der Waals surface area contributed by atoms with Gasteiger partial charge in [0.1, 0.15) is 17.5 Å². The molecule has 2 aromatic carbocycles. The number of halogens is 3. The Bertz CT molecular complexity index is 1170. The summed E-state index contributed by atoms with van der Waals surface area (Å²) in [6, 6.07) is 8.25. The lowest BCUT2D eigenvalue weighted by Gasteiger charge is -2.37. The maximum absolute atomic E-state index is 14.5. The summed E-state index contributed by atoms with van der Waals surface area (Å²) in [6.07, 6.45) is 4.15. The van der Waals surface area contributed by atoms with Crippen LogP contribution in [0.2, 0.25) is 0 Å². The number of aromatic nitrogens is 1. The van der Waals surface area contributed by atoms with Gasteiger partial charge in [0.2, 0.25) is 5.91 Å². The third-order valence-corrected chi connectivity index (χ3v) is 7.10. The van der Waals surface area contributed by atoms with E-state index in [1.165, 1.54) is 18.2 Å². The van der Waals surface area contributed by atoms with Crippen molar-refractivity contribution in [2.75, 3.05) is 20.1 Å². The van der Waals surface area contributed by atoms with Crippen molar-refractivity contribution in [2.45, 2.75) is 44.1 Å². The first-order valence-corrected chi connectivity index (χ1v) is 11.6. The lowest BCUT2D eigenvalue weighted by atomic mass is 9.74. The predicted octanol–water partition coefficient (Wildman–Crippen LogP) is 5.35. The molecular weight excluding hydrogens is 427 g/mol. The van der Waals surface area contributed by atoms with Gasteiger partial charge in [0.25, 0.3) is 0 Å². The molecule has 7 heteroatoms. The molecule has 174 valence electrons. The average Bonchev–Trinajstić information content (AvgIpc) is 3.10. The number of fused-ring (bicyclic) bond motifs is 1. The zero-order chi connectivity index (χ0) is 23.1. The van der Waals surface area contributed by atoms with Crippen LogP contribution in [0.4, 0.5) is 13.2 Å². The van der Waals surface area contributed by atoms with Gasteiger partial charge in [-0.2, -0.15) is 0 Å². The van der Waals surface area contributed by atoms with E-state index in [-0.39, 0.29) is 29.2 Å². The van der Waals surface area contributed by atoms with E-state index >= 15 is 0 Å². The molecule has 1 atom stereocenters. The van der Waals surface area contributed by atoms with E-state index in [1.54, 1.807) is 12.1 Å². The second-order valence-corrected chi connectivity index (χ2v) is 9.64. The van der Waals surface area contributed by atoms with Gasteiger partial charge in [-0.25, -0.2) is 13.2 Å². The molecule has 2 aliphatic rings. The number of nitrogens with zero attached hydrogens (tertiary/aromatic N) is 1. The fourth-order valence-corrected chi connectivity index (χ4v) is 5.47. The maximum Gasteiger partial charge on any atom is 0.220 e. The van der Waals surface area contributed by atoms with E-state index in [0.29, 0.717) is 36.3 Å². The van der Waals surface area contributed by atoms with Crippen molar-refractivity contribution in [3.63, 3.8) is 0 Å². The Morgan fingerprint density at radius 1 is 1.12 bits per heavy atom. The second kappa shape index (κ2) is 8.86. The standard InChI is InChI=1S/C26H28F3N3O/c1-32-8-2-3-15(14-32)9-23(33)30-20-10-17(11-20)24-21-12-19(28)13-22(29)26(21)31-25(24)16-4-6-18(27)7-5-16/h4-7,12-13,15,17,20,31H,2-3,8-11,14H2,1H3,(H,30,33)/t15?,17-,20-. The number of amides is 1. The van der Waals surface area contributed by atoms with Gasteiger partial charge >= 0.3 is 0 Å². The topological polar surface area (TPSA) is 48.1 Å². The van der Waals surface area contributed by atoms with Crippen LogP contribution in [-0.2, 0) is 4.79 Å². The molecule has 1 saturated heterocycles. The molecule has 1 amide bonds. The first-order valence-electron chi connectivity index (χ1n) is 11.6. The van der Waals surface area contributed by atoms with E-state index in [1.807, 2.05) is 0 Å². The van der Waals surface area contributed by atoms with Gasteiger partial charge < -0.3 is 15.2 Å². The van der Waals surface area contributed by atoms with Gasteiger partial charge in [0, 0.05) is 30.5 Å². The number of benzene rings is 2. The summed E-state index contributed by atoms with van der Waals surface area (Å²) in [5.74, 6) is -1.12. The van der Waals surface area contributed by atoms with Crippen LogP contribution in [0.15, 0.2) is 36.4 Å². The maximum atomic E-state index is 14.5. The number of nitrogens with one attached hydrogen (secondary N) is 2. The summed E-state index contributed by atoms with van der Waals surface area (Å²) in [6.45, 7) is 2.04. The van der Waals surface area contributed by atoms with Crippen LogP contribution in [0.1, 0.15) is 43.6 Å². The highest BCUT2D eigenvalue weighted by molar-refractivity contribution is 5.92. The molecule has 0 spiro atoms. The summed E-state index contributed by atoms with van der Waals surface area (Å²) in [5, 5.41) is 3.65. The van der Waals surface area contributed by atoms with Gasteiger partial charge in [-0.1, -0.05) is 0 Å². The lowest BCUT2D eigenvalue weighted by Crippen LogP contribution is -2.44. The highest BCUT2D eigenvalue weighted by Gasteiger charge is 2.36. The number of hydrogen-bond donors (Lipinski definition) is 2. The normalized spacial score (nSPS) is 23.5. The second-order valence-electron chi connectivity index (χ2n) is 9.64. The van der Waals surface area contributed by atoms with Crippen LogP contribution >= 0.6 is 0 Å². The van der Waals surface area contributed by atoms with E-state index in [0.717, 1.165) is 43.1 Å². The van der Waals surface area contributed by atoms with Crippen molar-refractivity contribution in [1.29, 1.82) is 0 Å². The van der Waals surface area contributed by atoms with Crippen molar-refractivity contribution in [2.24, 2.45) is 5.92 Å². The Labute approximate surface area is 191 Å². The smallest absolute Gasteiger partial charge is 0.220 e. The Kier molecular flexibility index (Phi) is 5.91. The summed E-state index contributed by atoms with van der Waals surface area (Å²) < 4.78 is 42.0. The van der Waals surface area contributed by atoms with Crippen molar-refractivity contribution in [3.05, 3.63) is 59.4 Å². The number of carbonyl (C=O) groups excluding carboxylic acids is 1. The van der Waals surface area contributed by atoms with Crippen LogP contribution < -0.4 is 5.32 Å². The van der Waals surface area contributed by atoms with E-state index in [9.17, 15) is 18.0 Å². The molecule has 2 N–H and O–H groups in total.